The number of hydrogen-bond donors (Lipinski definition) is 3. The van der Waals surface area contributed by atoms with Crippen molar-refractivity contribution in [3.8, 4) is 0 Å². The predicted molar refractivity (Wildman–Crippen MR) is 68.3 cm³/mol. The van der Waals surface area contributed by atoms with E-state index in [1.807, 2.05) is 0 Å². The van der Waals surface area contributed by atoms with E-state index in [1.165, 1.54) is 38.9 Å². The van der Waals surface area contributed by atoms with Crippen LogP contribution < -0.4 is 15.5 Å². The minimum atomic E-state index is 0.813. The average molecular weight is 230 g/mol. The van der Waals surface area contributed by atoms with Crippen molar-refractivity contribution in [1.29, 1.82) is 0 Å². The van der Waals surface area contributed by atoms with Crippen LogP contribution in [0.4, 0.5) is 0 Å². The summed E-state index contributed by atoms with van der Waals surface area (Å²) in [5.74, 6) is 0. The largest absolute Gasteiger partial charge is 0.363 e. The Balaban J connectivity index is 1.97. The van der Waals surface area contributed by atoms with Gasteiger partial charge in [0.2, 0.25) is 0 Å². The monoisotopic (exact) mass is 230 g/mol. The van der Waals surface area contributed by atoms with Gasteiger partial charge in [-0.2, -0.15) is 0 Å². The lowest BCUT2D eigenvalue weighted by atomic mass is 10.1. The van der Waals surface area contributed by atoms with Gasteiger partial charge < -0.3 is 15.5 Å². The summed E-state index contributed by atoms with van der Waals surface area (Å²) in [6.07, 6.45) is 5.34. The maximum atomic E-state index is 5.15. The second kappa shape index (κ2) is 7.88. The number of likely N-dealkylation sites (tertiary alicyclic amines) is 1. The summed E-state index contributed by atoms with van der Waals surface area (Å²) in [6, 6.07) is 0. The van der Waals surface area contributed by atoms with Gasteiger partial charge in [0.05, 0.1) is 26.2 Å². The van der Waals surface area contributed by atoms with Crippen LogP contribution in [-0.4, -0.2) is 37.8 Å². The van der Waals surface area contributed by atoms with Crippen LogP contribution >= 0.6 is 12.2 Å². The third kappa shape index (κ3) is 5.95. The van der Waals surface area contributed by atoms with Crippen LogP contribution in [0.5, 0.6) is 0 Å². The number of thiocarbonyl (C=S) groups is 1. The van der Waals surface area contributed by atoms with Crippen molar-refractivity contribution in [3.05, 3.63) is 0 Å². The highest BCUT2D eigenvalue weighted by atomic mass is 32.1. The minimum absolute atomic E-state index is 0.813. The normalized spacial score (nSPS) is 17.4. The SMILES string of the molecule is CCCNC(=S)NCC[NH+]1CCCCC1. The number of hydrogen-bond acceptors (Lipinski definition) is 1. The Morgan fingerprint density at radius 1 is 1.13 bits per heavy atom. The Bertz CT molecular complexity index is 179. The molecule has 4 heteroatoms. The summed E-state index contributed by atoms with van der Waals surface area (Å²) in [6.45, 7) is 8.02. The molecule has 0 aromatic heterocycles. The molecule has 3 N–H and O–H groups in total. The second-order valence-electron chi connectivity index (χ2n) is 4.24. The molecule has 1 rings (SSSR count). The van der Waals surface area contributed by atoms with Crippen LogP contribution in [0.2, 0.25) is 0 Å². The van der Waals surface area contributed by atoms with Crippen molar-refractivity contribution in [1.82, 2.24) is 10.6 Å². The smallest absolute Gasteiger partial charge is 0.166 e. The molecule has 88 valence electrons. The molecule has 1 heterocycles. The predicted octanol–water partition coefficient (Wildman–Crippen LogP) is -0.0707. The van der Waals surface area contributed by atoms with Gasteiger partial charge >= 0.3 is 0 Å². The molecule has 0 saturated carbocycles. The van der Waals surface area contributed by atoms with E-state index in [-0.39, 0.29) is 0 Å². The van der Waals surface area contributed by atoms with Crippen LogP contribution in [-0.2, 0) is 0 Å². The maximum absolute atomic E-state index is 5.15. The van der Waals surface area contributed by atoms with Gasteiger partial charge in [0.1, 0.15) is 0 Å². The molecule has 0 unspecified atom stereocenters. The lowest BCUT2D eigenvalue weighted by molar-refractivity contribution is -0.903. The van der Waals surface area contributed by atoms with Crippen molar-refractivity contribution >= 4 is 17.3 Å². The zero-order chi connectivity index (χ0) is 10.9. The molecule has 0 aromatic rings. The Kier molecular flexibility index (Phi) is 6.68. The molecule has 0 radical (unpaired) electrons. The lowest BCUT2D eigenvalue weighted by Gasteiger charge is -2.23. The van der Waals surface area contributed by atoms with Gasteiger partial charge in [-0.15, -0.1) is 0 Å². The molecule has 3 nitrogen and oxygen atoms in total. The molecular weight excluding hydrogens is 206 g/mol. The van der Waals surface area contributed by atoms with Crippen molar-refractivity contribution in [2.24, 2.45) is 0 Å². The number of nitrogens with one attached hydrogen (secondary N) is 3. The van der Waals surface area contributed by atoms with Crippen molar-refractivity contribution in [2.75, 3.05) is 32.7 Å². The van der Waals surface area contributed by atoms with Crippen LogP contribution in [0.1, 0.15) is 32.6 Å². The number of piperidine rings is 1. The van der Waals surface area contributed by atoms with Gasteiger partial charge in [-0.25, -0.2) is 0 Å². The first-order chi connectivity index (χ1) is 7.33. The standard InChI is InChI=1S/C11H23N3S/c1-2-6-12-11(15)13-7-10-14-8-4-3-5-9-14/h2-10H2,1H3,(H2,12,13,15)/p+1. The van der Waals surface area contributed by atoms with Gasteiger partial charge in [-0.05, 0) is 37.9 Å². The van der Waals surface area contributed by atoms with Crippen molar-refractivity contribution in [2.45, 2.75) is 32.6 Å². The first-order valence-electron chi connectivity index (χ1n) is 6.18. The van der Waals surface area contributed by atoms with E-state index in [2.05, 4.69) is 17.6 Å². The third-order valence-corrected chi connectivity index (χ3v) is 3.15. The van der Waals surface area contributed by atoms with Crippen LogP contribution in [0.15, 0.2) is 0 Å². The molecule has 1 fully saturated rings. The Hall–Kier alpha value is -0.350. The molecule has 1 aliphatic rings. The summed E-state index contributed by atoms with van der Waals surface area (Å²) in [5, 5.41) is 7.26. The van der Waals surface area contributed by atoms with Crippen LogP contribution in [0.25, 0.3) is 0 Å². The Morgan fingerprint density at radius 2 is 1.80 bits per heavy atom. The van der Waals surface area contributed by atoms with Crippen molar-refractivity contribution < 1.29 is 4.90 Å². The Labute approximate surface area is 98.6 Å². The van der Waals surface area contributed by atoms with Gasteiger partial charge in [-0.1, -0.05) is 6.92 Å². The summed E-state index contributed by atoms with van der Waals surface area (Å²) in [5.41, 5.74) is 0. The molecule has 15 heavy (non-hydrogen) atoms. The lowest BCUT2D eigenvalue weighted by Crippen LogP contribution is -3.13. The van der Waals surface area contributed by atoms with E-state index in [4.69, 9.17) is 12.2 Å². The fraction of sp³-hybridized carbons (Fsp3) is 0.909. The van der Waals surface area contributed by atoms with E-state index >= 15 is 0 Å². The number of rotatable bonds is 5. The Morgan fingerprint density at radius 3 is 2.47 bits per heavy atom. The molecule has 0 atom stereocenters. The first-order valence-corrected chi connectivity index (χ1v) is 6.59. The highest BCUT2D eigenvalue weighted by molar-refractivity contribution is 7.80. The van der Waals surface area contributed by atoms with E-state index in [0.717, 1.165) is 24.6 Å². The molecule has 0 spiro atoms. The average Bonchev–Trinajstić information content (AvgIpc) is 2.28. The van der Waals surface area contributed by atoms with Crippen LogP contribution in [0.3, 0.4) is 0 Å². The highest BCUT2D eigenvalue weighted by Gasteiger charge is 2.12. The van der Waals surface area contributed by atoms with Crippen LogP contribution in [0, 0.1) is 0 Å². The second-order valence-corrected chi connectivity index (χ2v) is 4.65. The highest BCUT2D eigenvalue weighted by Crippen LogP contribution is 1.93. The van der Waals surface area contributed by atoms with E-state index in [1.54, 1.807) is 4.90 Å². The molecule has 1 saturated heterocycles. The van der Waals surface area contributed by atoms with E-state index in [9.17, 15) is 0 Å². The summed E-state index contributed by atoms with van der Waals surface area (Å²) >= 11 is 5.15. The fourth-order valence-corrected chi connectivity index (χ4v) is 2.16. The van der Waals surface area contributed by atoms with Gasteiger partial charge in [-0.3, -0.25) is 0 Å². The zero-order valence-corrected chi connectivity index (χ0v) is 10.6. The summed E-state index contributed by atoms with van der Waals surface area (Å²) in [4.78, 5) is 1.73. The van der Waals surface area contributed by atoms with Gasteiger partial charge in [0.15, 0.2) is 5.11 Å². The molecule has 0 bridgehead atoms. The number of quaternary nitrogens is 1. The first kappa shape index (κ1) is 12.7. The molecule has 0 aromatic carbocycles. The minimum Gasteiger partial charge on any atom is -0.363 e. The summed E-state index contributed by atoms with van der Waals surface area (Å²) in [7, 11) is 0. The van der Waals surface area contributed by atoms with Crippen molar-refractivity contribution in [3.63, 3.8) is 0 Å². The molecule has 0 amide bonds. The van der Waals surface area contributed by atoms with Gasteiger partial charge in [0.25, 0.3) is 0 Å². The van der Waals surface area contributed by atoms with E-state index < -0.39 is 0 Å². The summed E-state index contributed by atoms with van der Waals surface area (Å²) < 4.78 is 0. The van der Waals surface area contributed by atoms with Gasteiger partial charge in [0, 0.05) is 6.54 Å². The molecule has 0 aliphatic carbocycles. The fourth-order valence-electron chi connectivity index (χ4n) is 1.96. The maximum Gasteiger partial charge on any atom is 0.166 e. The third-order valence-electron chi connectivity index (χ3n) is 2.86. The molecular formula is C11H24N3S+. The molecule has 1 aliphatic heterocycles. The zero-order valence-electron chi connectivity index (χ0n) is 9.77. The quantitative estimate of drug-likeness (QED) is 0.578. The topological polar surface area (TPSA) is 28.5 Å². The van der Waals surface area contributed by atoms with E-state index in [0.29, 0.717) is 0 Å².